The summed E-state index contributed by atoms with van der Waals surface area (Å²) in [6.07, 6.45) is 7.39. The van der Waals surface area contributed by atoms with Crippen LogP contribution >= 0.6 is 11.3 Å². The maximum Gasteiger partial charge on any atom is 0.321 e. The van der Waals surface area contributed by atoms with E-state index < -0.39 is 0 Å². The Bertz CT molecular complexity index is 693. The topological polar surface area (TPSA) is 96.3 Å². The lowest BCUT2D eigenvalue weighted by molar-refractivity contribution is -0.120. The molecule has 0 unspecified atom stereocenters. The molecule has 0 aliphatic heterocycles. The van der Waals surface area contributed by atoms with Gasteiger partial charge in [0, 0.05) is 11.4 Å². The van der Waals surface area contributed by atoms with E-state index >= 15 is 0 Å². The second-order valence-electron chi connectivity index (χ2n) is 6.11. The molecule has 8 heteroatoms. The zero-order chi connectivity index (χ0) is 17.5. The van der Waals surface area contributed by atoms with E-state index in [4.69, 9.17) is 4.42 Å². The van der Waals surface area contributed by atoms with Gasteiger partial charge in [0.25, 0.3) is 0 Å². The van der Waals surface area contributed by atoms with E-state index in [1.54, 1.807) is 23.8 Å². The summed E-state index contributed by atoms with van der Waals surface area (Å²) in [7, 11) is 0. The Morgan fingerprint density at radius 1 is 1.28 bits per heavy atom. The maximum absolute atomic E-state index is 12.0. The molecule has 1 saturated carbocycles. The lowest BCUT2D eigenvalue weighted by Gasteiger charge is -2.22. The summed E-state index contributed by atoms with van der Waals surface area (Å²) in [6, 6.07) is 3.60. The van der Waals surface area contributed by atoms with Crippen LogP contribution in [0.25, 0.3) is 0 Å². The van der Waals surface area contributed by atoms with E-state index in [-0.39, 0.29) is 24.4 Å². The van der Waals surface area contributed by atoms with Crippen molar-refractivity contribution >= 4 is 28.4 Å². The molecule has 1 aliphatic rings. The number of urea groups is 1. The van der Waals surface area contributed by atoms with E-state index in [1.165, 1.54) is 30.6 Å². The van der Waals surface area contributed by atoms with Gasteiger partial charge in [-0.15, -0.1) is 11.3 Å². The Hall–Kier alpha value is -2.35. The Balaban J connectivity index is 1.41. The number of carbonyl (C=O) groups excluding carboxylic acids is 2. The number of anilines is 1. The lowest BCUT2D eigenvalue weighted by Crippen LogP contribution is -2.39. The van der Waals surface area contributed by atoms with Gasteiger partial charge in [-0.25, -0.2) is 9.78 Å². The molecule has 1 aliphatic carbocycles. The molecule has 7 nitrogen and oxygen atoms in total. The quantitative estimate of drug-likeness (QED) is 0.736. The molecule has 25 heavy (non-hydrogen) atoms. The first-order chi connectivity index (χ1) is 12.2. The first-order valence-corrected chi connectivity index (χ1v) is 9.38. The number of nitrogens with zero attached hydrogens (tertiary/aromatic N) is 1. The van der Waals surface area contributed by atoms with Crippen molar-refractivity contribution in [3.8, 4) is 0 Å². The summed E-state index contributed by atoms with van der Waals surface area (Å²) < 4.78 is 5.16. The van der Waals surface area contributed by atoms with Gasteiger partial charge in [0.05, 0.1) is 24.9 Å². The van der Waals surface area contributed by atoms with Crippen molar-refractivity contribution < 1.29 is 14.0 Å². The van der Waals surface area contributed by atoms with Crippen molar-refractivity contribution in [2.24, 2.45) is 0 Å². The summed E-state index contributed by atoms with van der Waals surface area (Å²) in [5.41, 5.74) is 0.634. The third-order valence-corrected chi connectivity index (χ3v) is 4.90. The molecular weight excluding hydrogens is 340 g/mol. The maximum atomic E-state index is 12.0. The normalized spacial score (nSPS) is 14.9. The Labute approximate surface area is 150 Å². The molecule has 0 radical (unpaired) electrons. The van der Waals surface area contributed by atoms with Crippen molar-refractivity contribution in [2.75, 3.05) is 5.32 Å². The predicted octanol–water partition coefficient (Wildman–Crippen LogP) is 3.05. The fourth-order valence-electron chi connectivity index (χ4n) is 2.84. The minimum Gasteiger partial charge on any atom is -0.467 e. The summed E-state index contributed by atoms with van der Waals surface area (Å²) in [4.78, 5) is 28.2. The van der Waals surface area contributed by atoms with Gasteiger partial charge in [-0.2, -0.15) is 0 Å². The number of nitrogens with one attached hydrogen (secondary N) is 3. The van der Waals surface area contributed by atoms with Crippen LogP contribution in [0.1, 0.15) is 43.6 Å². The van der Waals surface area contributed by atoms with E-state index in [0.717, 1.165) is 12.8 Å². The fourth-order valence-corrected chi connectivity index (χ4v) is 3.54. The van der Waals surface area contributed by atoms with Crippen LogP contribution in [0.4, 0.5) is 9.93 Å². The predicted molar refractivity (Wildman–Crippen MR) is 95.4 cm³/mol. The minimum atomic E-state index is -0.227. The molecule has 134 valence electrons. The molecule has 2 heterocycles. The lowest BCUT2D eigenvalue weighted by atomic mass is 9.96. The summed E-state index contributed by atoms with van der Waals surface area (Å²) >= 11 is 1.32. The average Bonchev–Trinajstić information content (AvgIpc) is 3.26. The number of carbonyl (C=O) groups is 2. The molecule has 0 bridgehead atoms. The standard InChI is InChI=1S/C17H22N4O3S/c22-15(18-10-14-7-4-8-24-14)9-13-11-25-17(20-13)21-16(23)19-12-5-2-1-3-6-12/h4,7-8,11-12H,1-3,5-6,9-10H2,(H,18,22)(H2,19,20,21,23). The highest BCUT2D eigenvalue weighted by molar-refractivity contribution is 7.13. The zero-order valence-electron chi connectivity index (χ0n) is 13.9. The molecule has 3 rings (SSSR count). The summed E-state index contributed by atoms with van der Waals surface area (Å²) in [5, 5.41) is 10.8. The van der Waals surface area contributed by atoms with Crippen molar-refractivity contribution in [1.82, 2.24) is 15.6 Å². The summed E-state index contributed by atoms with van der Waals surface area (Å²) in [5.74, 6) is 0.563. The van der Waals surface area contributed by atoms with Crippen molar-refractivity contribution in [2.45, 2.75) is 51.1 Å². The third kappa shape index (κ3) is 5.60. The second-order valence-corrected chi connectivity index (χ2v) is 6.97. The van der Waals surface area contributed by atoms with Gasteiger partial charge < -0.3 is 15.1 Å². The van der Waals surface area contributed by atoms with Gasteiger partial charge in [-0.3, -0.25) is 10.1 Å². The van der Waals surface area contributed by atoms with E-state index in [1.807, 2.05) is 0 Å². The number of aromatic nitrogens is 1. The number of thiazole rings is 1. The highest BCUT2D eigenvalue weighted by Crippen LogP contribution is 2.19. The van der Waals surface area contributed by atoms with Crippen LogP contribution < -0.4 is 16.0 Å². The van der Waals surface area contributed by atoms with Crippen LogP contribution in [0, 0.1) is 0 Å². The third-order valence-electron chi connectivity index (χ3n) is 4.09. The molecule has 2 aromatic rings. The smallest absolute Gasteiger partial charge is 0.321 e. The number of hydrogen-bond acceptors (Lipinski definition) is 5. The molecule has 0 saturated heterocycles. The number of amides is 3. The van der Waals surface area contributed by atoms with Gasteiger partial charge in [0.1, 0.15) is 5.76 Å². The highest BCUT2D eigenvalue weighted by atomic mass is 32.1. The fraction of sp³-hybridized carbons (Fsp3) is 0.471. The number of hydrogen-bond donors (Lipinski definition) is 3. The van der Waals surface area contributed by atoms with E-state index in [0.29, 0.717) is 23.1 Å². The van der Waals surface area contributed by atoms with Crippen LogP contribution in [0.2, 0.25) is 0 Å². The number of furan rings is 1. The summed E-state index contributed by atoms with van der Waals surface area (Å²) in [6.45, 7) is 0.352. The highest BCUT2D eigenvalue weighted by Gasteiger charge is 2.16. The molecule has 3 amide bonds. The Kier molecular flexibility index (Phi) is 6.05. The molecule has 3 N–H and O–H groups in total. The van der Waals surface area contributed by atoms with Crippen LogP contribution in [0.5, 0.6) is 0 Å². The van der Waals surface area contributed by atoms with Crippen molar-refractivity contribution in [1.29, 1.82) is 0 Å². The van der Waals surface area contributed by atoms with Gasteiger partial charge >= 0.3 is 6.03 Å². The molecule has 1 fully saturated rings. The van der Waals surface area contributed by atoms with E-state index in [2.05, 4.69) is 20.9 Å². The van der Waals surface area contributed by atoms with Crippen LogP contribution in [0.3, 0.4) is 0 Å². The first kappa shape index (κ1) is 17.5. The number of rotatable bonds is 6. The van der Waals surface area contributed by atoms with Crippen LogP contribution in [-0.2, 0) is 17.8 Å². The zero-order valence-corrected chi connectivity index (χ0v) is 14.7. The molecule has 0 aromatic carbocycles. The molecule has 0 atom stereocenters. The first-order valence-electron chi connectivity index (χ1n) is 8.50. The molecular formula is C17H22N4O3S. The largest absolute Gasteiger partial charge is 0.467 e. The Morgan fingerprint density at radius 3 is 2.88 bits per heavy atom. The molecule has 2 aromatic heterocycles. The second kappa shape index (κ2) is 8.66. The van der Waals surface area contributed by atoms with Crippen molar-refractivity contribution in [3.63, 3.8) is 0 Å². The van der Waals surface area contributed by atoms with Crippen molar-refractivity contribution in [3.05, 3.63) is 35.2 Å². The van der Waals surface area contributed by atoms with Gasteiger partial charge in [-0.05, 0) is 25.0 Å². The molecule has 0 spiro atoms. The van der Waals surface area contributed by atoms with Gasteiger partial charge in [0.15, 0.2) is 5.13 Å². The van der Waals surface area contributed by atoms with E-state index in [9.17, 15) is 9.59 Å². The van der Waals surface area contributed by atoms with Gasteiger partial charge in [0.2, 0.25) is 5.91 Å². The van der Waals surface area contributed by atoms with Crippen LogP contribution in [0.15, 0.2) is 28.2 Å². The monoisotopic (exact) mass is 362 g/mol. The average molecular weight is 362 g/mol. The minimum absolute atomic E-state index is 0.139. The SMILES string of the molecule is O=C(Cc1csc(NC(=O)NC2CCCCC2)n1)NCc1ccco1. The van der Waals surface area contributed by atoms with Gasteiger partial charge in [-0.1, -0.05) is 19.3 Å². The van der Waals surface area contributed by atoms with Crippen LogP contribution in [-0.4, -0.2) is 23.0 Å². The Morgan fingerprint density at radius 2 is 2.12 bits per heavy atom.